The Balaban J connectivity index is 2.11. The second kappa shape index (κ2) is 5.49. The van der Waals surface area contributed by atoms with Crippen molar-refractivity contribution >= 4 is 43.9 Å². The summed E-state index contributed by atoms with van der Waals surface area (Å²) >= 11 is 2.96. The monoisotopic (exact) mass is 283 g/mol. The lowest BCUT2D eigenvalue weighted by Gasteiger charge is -2.12. The zero-order valence-corrected chi connectivity index (χ0v) is 11.4. The largest absolute Gasteiger partial charge is 0.480 e. The Bertz CT molecular complexity index is 544. The molecule has 2 heterocycles. The van der Waals surface area contributed by atoms with Crippen molar-refractivity contribution < 1.29 is 14.7 Å². The van der Waals surface area contributed by atoms with E-state index in [1.54, 1.807) is 11.3 Å². The molecule has 0 spiro atoms. The predicted molar refractivity (Wildman–Crippen MR) is 73.5 cm³/mol. The fourth-order valence-corrected chi connectivity index (χ4v) is 3.66. The Morgan fingerprint density at radius 1 is 1.44 bits per heavy atom. The molecule has 0 saturated carbocycles. The second-order valence-electron chi connectivity index (χ2n) is 3.91. The molecule has 0 aromatic carbocycles. The minimum Gasteiger partial charge on any atom is -0.480 e. The van der Waals surface area contributed by atoms with Crippen molar-refractivity contribution in [3.05, 3.63) is 22.4 Å². The van der Waals surface area contributed by atoms with Crippen molar-refractivity contribution in [2.24, 2.45) is 0 Å². The van der Waals surface area contributed by atoms with Crippen LogP contribution in [0.5, 0.6) is 0 Å². The number of rotatable bonds is 5. The highest BCUT2D eigenvalue weighted by Crippen LogP contribution is 2.29. The molecule has 0 bridgehead atoms. The highest BCUT2D eigenvalue weighted by molar-refractivity contribution is 7.27. The van der Waals surface area contributed by atoms with Crippen molar-refractivity contribution in [3.8, 4) is 0 Å². The molecule has 96 valence electrons. The summed E-state index contributed by atoms with van der Waals surface area (Å²) < 4.78 is 2.13. The predicted octanol–water partition coefficient (Wildman–Crippen LogP) is 2.95. The molecule has 2 rings (SSSR count). The Morgan fingerprint density at radius 2 is 2.22 bits per heavy atom. The summed E-state index contributed by atoms with van der Waals surface area (Å²) in [6, 6.07) is 2.97. The average Bonchev–Trinajstić information content (AvgIpc) is 2.87. The van der Waals surface area contributed by atoms with Crippen molar-refractivity contribution in [1.82, 2.24) is 5.32 Å². The molecule has 2 aromatic rings. The lowest BCUT2D eigenvalue weighted by atomic mass is 10.1. The van der Waals surface area contributed by atoms with Gasteiger partial charge >= 0.3 is 5.97 Å². The third kappa shape index (κ3) is 2.70. The number of thiophene rings is 2. The van der Waals surface area contributed by atoms with Crippen LogP contribution < -0.4 is 5.32 Å². The quantitative estimate of drug-likeness (QED) is 0.886. The van der Waals surface area contributed by atoms with Crippen LogP contribution in [0, 0.1) is 0 Å². The number of hydrogen-bond donors (Lipinski definition) is 2. The maximum Gasteiger partial charge on any atom is 0.326 e. The van der Waals surface area contributed by atoms with E-state index in [4.69, 9.17) is 5.11 Å². The molecular formula is C12H13NO3S2. The highest BCUT2D eigenvalue weighted by atomic mass is 32.1. The Labute approximate surface area is 112 Å². The number of aliphatic carboxylic acids is 1. The van der Waals surface area contributed by atoms with Gasteiger partial charge in [0, 0.05) is 9.40 Å². The minimum atomic E-state index is -0.983. The first-order valence-corrected chi connectivity index (χ1v) is 7.32. The van der Waals surface area contributed by atoms with Gasteiger partial charge in [0.25, 0.3) is 5.91 Å². The normalized spacial score (nSPS) is 12.5. The molecule has 0 unspecified atom stereocenters. The van der Waals surface area contributed by atoms with Crippen LogP contribution in [0.4, 0.5) is 0 Å². The first-order chi connectivity index (χ1) is 8.61. The fraction of sp³-hybridized carbons (Fsp3) is 0.333. The SMILES string of the molecule is CCC[C@H](NC(=O)c1cc2sccc2s1)C(=O)O. The van der Waals surface area contributed by atoms with Gasteiger partial charge in [-0.25, -0.2) is 4.79 Å². The lowest BCUT2D eigenvalue weighted by Crippen LogP contribution is -2.40. The third-order valence-electron chi connectivity index (χ3n) is 2.54. The maximum atomic E-state index is 11.9. The van der Waals surface area contributed by atoms with Gasteiger partial charge in [-0.05, 0) is 23.9 Å². The molecule has 1 atom stereocenters. The molecule has 0 aliphatic heterocycles. The van der Waals surface area contributed by atoms with Crippen LogP contribution >= 0.6 is 22.7 Å². The number of hydrogen-bond acceptors (Lipinski definition) is 4. The van der Waals surface area contributed by atoms with Crippen LogP contribution in [0.3, 0.4) is 0 Å². The van der Waals surface area contributed by atoms with E-state index in [1.165, 1.54) is 11.3 Å². The number of nitrogens with one attached hydrogen (secondary N) is 1. The van der Waals surface area contributed by atoms with Crippen LogP contribution in [0.25, 0.3) is 9.40 Å². The number of fused-ring (bicyclic) bond motifs is 1. The van der Waals surface area contributed by atoms with Crippen molar-refractivity contribution in [1.29, 1.82) is 0 Å². The standard InChI is InChI=1S/C12H13NO3S2/c1-2-3-7(12(15)16)13-11(14)10-6-9-8(18-10)4-5-17-9/h4-7H,2-3H2,1H3,(H,13,14)(H,15,16)/t7-/m0/s1. The minimum absolute atomic E-state index is 0.302. The molecule has 0 aliphatic rings. The molecule has 2 aromatic heterocycles. The van der Waals surface area contributed by atoms with E-state index in [0.717, 1.165) is 15.8 Å². The molecule has 0 fully saturated rings. The van der Waals surface area contributed by atoms with Gasteiger partial charge in [-0.1, -0.05) is 13.3 Å². The van der Waals surface area contributed by atoms with E-state index in [0.29, 0.717) is 11.3 Å². The summed E-state index contributed by atoms with van der Waals surface area (Å²) in [6.07, 6.45) is 1.16. The second-order valence-corrected chi connectivity index (χ2v) is 5.94. The van der Waals surface area contributed by atoms with Gasteiger partial charge in [0.2, 0.25) is 0 Å². The molecule has 18 heavy (non-hydrogen) atoms. The van der Waals surface area contributed by atoms with E-state index in [9.17, 15) is 9.59 Å². The summed E-state index contributed by atoms with van der Waals surface area (Å²) in [5, 5.41) is 13.5. The summed E-state index contributed by atoms with van der Waals surface area (Å²) in [5.41, 5.74) is 0. The number of carboxylic acids is 1. The zero-order chi connectivity index (χ0) is 13.1. The van der Waals surface area contributed by atoms with Crippen LogP contribution in [-0.2, 0) is 4.79 Å². The van der Waals surface area contributed by atoms with Gasteiger partial charge in [-0.2, -0.15) is 0 Å². The molecule has 4 nitrogen and oxygen atoms in total. The van der Waals surface area contributed by atoms with Gasteiger partial charge in [0.15, 0.2) is 0 Å². The lowest BCUT2D eigenvalue weighted by molar-refractivity contribution is -0.139. The molecule has 0 aliphatic carbocycles. The first-order valence-electron chi connectivity index (χ1n) is 5.62. The average molecular weight is 283 g/mol. The molecule has 2 N–H and O–H groups in total. The van der Waals surface area contributed by atoms with E-state index in [1.807, 2.05) is 24.4 Å². The third-order valence-corrected chi connectivity index (χ3v) is 4.64. The van der Waals surface area contributed by atoms with Gasteiger partial charge in [-0.3, -0.25) is 4.79 Å². The fourth-order valence-electron chi connectivity index (χ4n) is 1.65. The summed E-state index contributed by atoms with van der Waals surface area (Å²) in [4.78, 5) is 23.5. The Morgan fingerprint density at radius 3 is 2.83 bits per heavy atom. The van der Waals surface area contributed by atoms with E-state index in [-0.39, 0.29) is 5.91 Å². The highest BCUT2D eigenvalue weighted by Gasteiger charge is 2.20. The van der Waals surface area contributed by atoms with Crippen molar-refractivity contribution in [2.45, 2.75) is 25.8 Å². The number of carboxylic acid groups (broad SMARTS) is 1. The maximum absolute atomic E-state index is 11.9. The van der Waals surface area contributed by atoms with E-state index < -0.39 is 12.0 Å². The summed E-state index contributed by atoms with van der Waals surface area (Å²) in [7, 11) is 0. The van der Waals surface area contributed by atoms with Gasteiger partial charge in [0.1, 0.15) is 6.04 Å². The van der Waals surface area contributed by atoms with Crippen LogP contribution in [0.15, 0.2) is 17.5 Å². The molecule has 6 heteroatoms. The zero-order valence-electron chi connectivity index (χ0n) is 9.80. The molecule has 0 radical (unpaired) electrons. The number of carbonyl (C=O) groups is 2. The van der Waals surface area contributed by atoms with E-state index in [2.05, 4.69) is 5.32 Å². The Kier molecular flexibility index (Phi) is 3.98. The van der Waals surface area contributed by atoms with Crippen molar-refractivity contribution in [3.63, 3.8) is 0 Å². The van der Waals surface area contributed by atoms with Crippen LogP contribution in [0.1, 0.15) is 29.4 Å². The summed E-state index contributed by atoms with van der Waals surface area (Å²) in [5.74, 6) is -1.28. The van der Waals surface area contributed by atoms with Crippen LogP contribution in [0.2, 0.25) is 0 Å². The van der Waals surface area contributed by atoms with Crippen molar-refractivity contribution in [2.75, 3.05) is 0 Å². The van der Waals surface area contributed by atoms with Gasteiger partial charge in [-0.15, -0.1) is 22.7 Å². The molecule has 1 amide bonds. The number of carbonyl (C=O) groups excluding carboxylic acids is 1. The molecule has 0 saturated heterocycles. The number of amides is 1. The smallest absolute Gasteiger partial charge is 0.326 e. The first kappa shape index (κ1) is 13.0. The molecular weight excluding hydrogens is 270 g/mol. The summed E-state index contributed by atoms with van der Waals surface area (Å²) in [6.45, 7) is 1.89. The van der Waals surface area contributed by atoms with Crippen LogP contribution in [-0.4, -0.2) is 23.0 Å². The van der Waals surface area contributed by atoms with E-state index >= 15 is 0 Å². The topological polar surface area (TPSA) is 66.4 Å². The Hall–Kier alpha value is -1.40. The van der Waals surface area contributed by atoms with Gasteiger partial charge in [0.05, 0.1) is 4.88 Å². The van der Waals surface area contributed by atoms with Gasteiger partial charge < -0.3 is 10.4 Å².